The van der Waals surface area contributed by atoms with Crippen molar-refractivity contribution in [3.8, 4) is 0 Å². The number of hydrogen-bond donors (Lipinski definition) is 0. The predicted octanol–water partition coefficient (Wildman–Crippen LogP) is 1.07. The molecule has 2 aliphatic rings. The van der Waals surface area contributed by atoms with Gasteiger partial charge in [0.2, 0.25) is 0 Å². The summed E-state index contributed by atoms with van der Waals surface area (Å²) in [5.74, 6) is -1.42. The summed E-state index contributed by atoms with van der Waals surface area (Å²) >= 11 is 1.40. The normalized spacial score (nSPS) is 35.8. The molecule has 6 nitrogen and oxygen atoms in total. The lowest BCUT2D eigenvalue weighted by molar-refractivity contribution is -0.163. The topological polar surface area (TPSA) is 71.1 Å². The fraction of sp³-hybridized carbons (Fsp3) is 0.833. The number of esters is 2. The highest BCUT2D eigenvalue weighted by Gasteiger charge is 2.56. The Balaban J connectivity index is 2.05. The monoisotopic (exact) mass is 290 g/mol. The van der Waals surface area contributed by atoms with Crippen LogP contribution in [0.4, 0.5) is 0 Å². The summed E-state index contributed by atoms with van der Waals surface area (Å²) in [7, 11) is 0. The maximum atomic E-state index is 11.1. The van der Waals surface area contributed by atoms with Crippen molar-refractivity contribution in [1.29, 1.82) is 0 Å². The maximum absolute atomic E-state index is 11.1. The van der Waals surface area contributed by atoms with Crippen molar-refractivity contribution in [2.75, 3.05) is 6.61 Å². The van der Waals surface area contributed by atoms with Crippen molar-refractivity contribution in [2.24, 2.45) is 0 Å². The zero-order valence-electron chi connectivity index (χ0n) is 11.4. The van der Waals surface area contributed by atoms with Gasteiger partial charge in [-0.2, -0.15) is 0 Å². The molecule has 2 aliphatic heterocycles. The molecule has 0 amide bonds. The van der Waals surface area contributed by atoms with Gasteiger partial charge in [-0.3, -0.25) is 9.59 Å². The number of thioether (sulfide) groups is 1. The van der Waals surface area contributed by atoms with E-state index in [0.29, 0.717) is 0 Å². The molecule has 0 spiro atoms. The van der Waals surface area contributed by atoms with Gasteiger partial charge in [0, 0.05) is 13.8 Å². The van der Waals surface area contributed by atoms with Crippen LogP contribution in [0.2, 0.25) is 0 Å². The van der Waals surface area contributed by atoms with Gasteiger partial charge in [0.15, 0.2) is 11.2 Å². The zero-order valence-corrected chi connectivity index (χ0v) is 12.2. The van der Waals surface area contributed by atoms with Gasteiger partial charge in [-0.05, 0) is 13.8 Å². The van der Waals surface area contributed by atoms with Gasteiger partial charge in [0.25, 0.3) is 0 Å². The van der Waals surface area contributed by atoms with E-state index in [1.165, 1.54) is 25.6 Å². The van der Waals surface area contributed by atoms with Gasteiger partial charge < -0.3 is 18.9 Å². The van der Waals surface area contributed by atoms with E-state index in [0.717, 1.165) is 0 Å². The molecule has 0 aromatic carbocycles. The Morgan fingerprint density at radius 3 is 2.37 bits per heavy atom. The molecule has 2 rings (SSSR count). The second kappa shape index (κ2) is 5.30. The molecule has 7 heteroatoms. The Kier molecular flexibility index (Phi) is 4.08. The van der Waals surface area contributed by atoms with Crippen LogP contribution in [-0.4, -0.2) is 47.2 Å². The minimum Gasteiger partial charge on any atom is -0.465 e. The van der Waals surface area contributed by atoms with Crippen LogP contribution >= 0.6 is 11.8 Å². The molecular weight excluding hydrogens is 272 g/mol. The molecule has 0 aliphatic carbocycles. The van der Waals surface area contributed by atoms with Crippen molar-refractivity contribution >= 4 is 23.7 Å². The lowest BCUT2D eigenvalue weighted by atomic mass is 10.1. The van der Waals surface area contributed by atoms with Gasteiger partial charge in [-0.1, -0.05) is 0 Å². The predicted molar refractivity (Wildman–Crippen MR) is 67.4 cm³/mol. The summed E-state index contributed by atoms with van der Waals surface area (Å²) < 4.78 is 21.8. The molecule has 2 saturated heterocycles. The van der Waals surface area contributed by atoms with Crippen LogP contribution < -0.4 is 0 Å². The van der Waals surface area contributed by atoms with E-state index in [-0.39, 0.29) is 36.0 Å². The first-order valence-corrected chi connectivity index (χ1v) is 7.04. The lowest BCUT2D eigenvalue weighted by Crippen LogP contribution is -2.33. The summed E-state index contributed by atoms with van der Waals surface area (Å²) in [5, 5.41) is -0.0972. The second-order valence-corrected chi connectivity index (χ2v) is 6.36. The number of carbonyl (C=O) groups is 2. The number of carbonyl (C=O) groups excluding carboxylic acids is 2. The molecule has 0 bridgehead atoms. The van der Waals surface area contributed by atoms with Gasteiger partial charge in [0.05, 0.1) is 5.25 Å². The molecule has 4 atom stereocenters. The fourth-order valence-corrected chi connectivity index (χ4v) is 3.65. The molecule has 0 saturated carbocycles. The third-order valence-electron chi connectivity index (χ3n) is 2.84. The molecule has 2 fully saturated rings. The first kappa shape index (κ1) is 14.6. The average Bonchev–Trinajstić information content (AvgIpc) is 2.70. The van der Waals surface area contributed by atoms with Crippen LogP contribution in [0.25, 0.3) is 0 Å². The molecule has 1 unspecified atom stereocenters. The van der Waals surface area contributed by atoms with Crippen LogP contribution in [0.15, 0.2) is 0 Å². The Morgan fingerprint density at radius 1 is 1.16 bits per heavy atom. The molecule has 0 radical (unpaired) electrons. The van der Waals surface area contributed by atoms with E-state index >= 15 is 0 Å². The minimum atomic E-state index is -0.719. The fourth-order valence-electron chi connectivity index (χ4n) is 2.23. The maximum Gasteiger partial charge on any atom is 0.303 e. The molecule has 0 aromatic heterocycles. The Bertz CT molecular complexity index is 382. The standard InChI is InChI=1S/C12H18O6S/c1-6(13)15-5-8-9-10(18-12(3,4)17-9)11(19-8)16-7(2)14/h8-11H,5H2,1-4H3/t8-,9-,10-,11?/m1/s1. The Morgan fingerprint density at radius 2 is 1.79 bits per heavy atom. The smallest absolute Gasteiger partial charge is 0.303 e. The molecule has 2 heterocycles. The number of fused-ring (bicyclic) bond motifs is 1. The van der Waals surface area contributed by atoms with Crippen LogP contribution in [0.5, 0.6) is 0 Å². The summed E-state index contributed by atoms with van der Waals surface area (Å²) in [4.78, 5) is 22.0. The van der Waals surface area contributed by atoms with E-state index in [1.807, 2.05) is 13.8 Å². The highest BCUT2D eigenvalue weighted by atomic mass is 32.2. The third-order valence-corrected chi connectivity index (χ3v) is 4.23. The van der Waals surface area contributed by atoms with Gasteiger partial charge >= 0.3 is 11.9 Å². The summed E-state index contributed by atoms with van der Waals surface area (Å²) in [6.07, 6.45) is -0.576. The first-order chi connectivity index (χ1) is 8.78. The van der Waals surface area contributed by atoms with Gasteiger partial charge in [-0.25, -0.2) is 0 Å². The van der Waals surface area contributed by atoms with E-state index in [1.54, 1.807) is 0 Å². The van der Waals surface area contributed by atoms with Gasteiger partial charge in [0.1, 0.15) is 18.8 Å². The summed E-state index contributed by atoms with van der Waals surface area (Å²) in [5.41, 5.74) is -0.426. The van der Waals surface area contributed by atoms with Crippen LogP contribution in [0.1, 0.15) is 27.7 Å². The molecular formula is C12H18O6S. The zero-order chi connectivity index (χ0) is 14.2. The summed E-state index contributed by atoms with van der Waals surface area (Å²) in [6.45, 7) is 6.55. The Hall–Kier alpha value is -0.790. The van der Waals surface area contributed by atoms with Crippen molar-refractivity contribution < 1.29 is 28.5 Å². The van der Waals surface area contributed by atoms with Crippen molar-refractivity contribution in [3.63, 3.8) is 0 Å². The van der Waals surface area contributed by atoms with E-state index < -0.39 is 11.2 Å². The van der Waals surface area contributed by atoms with Crippen LogP contribution in [0, 0.1) is 0 Å². The highest BCUT2D eigenvalue weighted by molar-refractivity contribution is 8.00. The minimum absolute atomic E-state index is 0.0972. The van der Waals surface area contributed by atoms with Crippen LogP contribution in [0.3, 0.4) is 0 Å². The number of rotatable bonds is 3. The number of hydrogen-bond acceptors (Lipinski definition) is 7. The van der Waals surface area contributed by atoms with Crippen molar-refractivity contribution in [1.82, 2.24) is 0 Å². The highest BCUT2D eigenvalue weighted by Crippen LogP contribution is 2.46. The van der Waals surface area contributed by atoms with Crippen molar-refractivity contribution in [3.05, 3.63) is 0 Å². The first-order valence-electron chi connectivity index (χ1n) is 6.10. The van der Waals surface area contributed by atoms with E-state index in [2.05, 4.69) is 0 Å². The summed E-state index contributed by atoms with van der Waals surface area (Å²) in [6, 6.07) is 0. The third kappa shape index (κ3) is 3.40. The van der Waals surface area contributed by atoms with Crippen molar-refractivity contribution in [2.45, 2.75) is 56.4 Å². The molecule has 108 valence electrons. The van der Waals surface area contributed by atoms with E-state index in [4.69, 9.17) is 18.9 Å². The molecule has 0 N–H and O–H groups in total. The van der Waals surface area contributed by atoms with Gasteiger partial charge in [-0.15, -0.1) is 11.8 Å². The molecule has 0 aromatic rings. The lowest BCUT2D eigenvalue weighted by Gasteiger charge is -2.22. The largest absolute Gasteiger partial charge is 0.465 e. The van der Waals surface area contributed by atoms with Crippen LogP contribution in [-0.2, 0) is 28.5 Å². The SMILES string of the molecule is CC(=O)OC[C@H]1SC(OC(C)=O)[C@@H]2OC(C)(C)O[C@H]12. The quantitative estimate of drug-likeness (QED) is 0.720. The second-order valence-electron chi connectivity index (χ2n) is 5.02. The molecule has 19 heavy (non-hydrogen) atoms. The van der Waals surface area contributed by atoms with E-state index in [9.17, 15) is 9.59 Å². The number of ether oxygens (including phenoxy) is 4. The Labute approximate surface area is 116 Å². The average molecular weight is 290 g/mol.